The van der Waals surface area contributed by atoms with Crippen LogP contribution in [0.1, 0.15) is 12.8 Å². The first-order valence-electron chi connectivity index (χ1n) is 7.21. The van der Waals surface area contributed by atoms with Crippen molar-refractivity contribution in [2.45, 2.75) is 28.0 Å². The van der Waals surface area contributed by atoms with Crippen molar-refractivity contribution in [3.63, 3.8) is 0 Å². The van der Waals surface area contributed by atoms with Crippen molar-refractivity contribution < 1.29 is 16.8 Å². The summed E-state index contributed by atoms with van der Waals surface area (Å²) in [7, 11) is -7.29. The SMILES string of the molecule is O=S(=O)(NC1CCN(S(=O)(=O)c2cc(Cl)sc2Cl)CC1)c1cccs1. The zero-order chi connectivity index (χ0) is 18.2. The molecule has 0 aromatic carbocycles. The topological polar surface area (TPSA) is 83.6 Å². The maximum absolute atomic E-state index is 12.7. The Morgan fingerprint density at radius 2 is 1.84 bits per heavy atom. The summed E-state index contributed by atoms with van der Waals surface area (Å²) in [5.74, 6) is 0. The van der Waals surface area contributed by atoms with E-state index in [1.807, 2.05) is 0 Å². The molecule has 1 aliphatic heterocycles. The first kappa shape index (κ1) is 19.6. The molecule has 2 aromatic rings. The van der Waals surface area contributed by atoms with Crippen LogP contribution < -0.4 is 4.72 Å². The maximum atomic E-state index is 12.7. The van der Waals surface area contributed by atoms with Gasteiger partial charge in [-0.25, -0.2) is 21.6 Å². The molecule has 0 spiro atoms. The minimum atomic E-state index is -3.73. The number of nitrogens with one attached hydrogen (secondary N) is 1. The molecule has 0 aliphatic carbocycles. The number of halogens is 2. The Hall–Kier alpha value is -0.200. The number of hydrogen-bond acceptors (Lipinski definition) is 6. The molecule has 2 aromatic heterocycles. The lowest BCUT2D eigenvalue weighted by molar-refractivity contribution is 0.308. The third-order valence-electron chi connectivity index (χ3n) is 3.78. The quantitative estimate of drug-likeness (QED) is 0.741. The van der Waals surface area contributed by atoms with Gasteiger partial charge in [-0.3, -0.25) is 0 Å². The zero-order valence-corrected chi connectivity index (χ0v) is 17.5. The van der Waals surface area contributed by atoms with Gasteiger partial charge in [0.05, 0.1) is 4.34 Å². The Morgan fingerprint density at radius 3 is 2.36 bits per heavy atom. The van der Waals surface area contributed by atoms with Gasteiger partial charge < -0.3 is 0 Å². The predicted octanol–water partition coefficient (Wildman–Crippen LogP) is 3.25. The lowest BCUT2D eigenvalue weighted by Crippen LogP contribution is -2.46. The van der Waals surface area contributed by atoms with Crippen LogP contribution in [-0.4, -0.2) is 40.3 Å². The summed E-state index contributed by atoms with van der Waals surface area (Å²) in [5, 5.41) is 1.69. The highest BCUT2D eigenvalue weighted by atomic mass is 35.5. The average molecular weight is 461 g/mol. The van der Waals surface area contributed by atoms with Gasteiger partial charge in [-0.05, 0) is 30.4 Å². The number of sulfonamides is 2. The molecule has 0 unspecified atom stereocenters. The molecule has 138 valence electrons. The number of hydrogen-bond donors (Lipinski definition) is 1. The highest BCUT2D eigenvalue weighted by Gasteiger charge is 2.33. The summed E-state index contributed by atoms with van der Waals surface area (Å²) in [5.41, 5.74) is 0. The third-order valence-corrected chi connectivity index (χ3v) is 10.3. The Bertz CT molecular complexity index is 946. The van der Waals surface area contributed by atoms with Crippen molar-refractivity contribution >= 4 is 65.9 Å². The molecule has 6 nitrogen and oxygen atoms in total. The summed E-state index contributed by atoms with van der Waals surface area (Å²) < 4.78 is 54.4. The highest BCUT2D eigenvalue weighted by Crippen LogP contribution is 2.36. The summed E-state index contributed by atoms with van der Waals surface area (Å²) in [4.78, 5) is 0.00165. The lowest BCUT2D eigenvalue weighted by atomic mass is 10.1. The highest BCUT2D eigenvalue weighted by molar-refractivity contribution is 7.91. The van der Waals surface area contributed by atoms with Gasteiger partial charge in [-0.15, -0.1) is 22.7 Å². The van der Waals surface area contributed by atoms with E-state index in [0.29, 0.717) is 17.2 Å². The summed E-state index contributed by atoms with van der Waals surface area (Å²) in [6.07, 6.45) is 0.776. The molecule has 0 atom stereocenters. The standard InChI is InChI=1S/C13H14Cl2N2O4S4/c14-11-8-10(13(15)23-11)25(20,21)17-5-3-9(4-6-17)16-24(18,19)12-2-1-7-22-12/h1-2,7-9,16H,3-6H2. The van der Waals surface area contributed by atoms with Gasteiger partial charge in [0, 0.05) is 19.1 Å². The van der Waals surface area contributed by atoms with E-state index in [2.05, 4.69) is 4.72 Å². The minimum absolute atomic E-state index is 0.00165. The molecule has 1 saturated heterocycles. The van der Waals surface area contributed by atoms with Gasteiger partial charge in [0.15, 0.2) is 0 Å². The molecule has 0 saturated carbocycles. The van der Waals surface area contributed by atoms with Gasteiger partial charge >= 0.3 is 0 Å². The molecular weight excluding hydrogens is 447 g/mol. The second kappa shape index (κ2) is 7.43. The van der Waals surface area contributed by atoms with Crippen LogP contribution in [0.4, 0.5) is 0 Å². The van der Waals surface area contributed by atoms with E-state index in [4.69, 9.17) is 23.2 Å². The van der Waals surface area contributed by atoms with Gasteiger partial charge in [0.2, 0.25) is 20.0 Å². The van der Waals surface area contributed by atoms with Crippen molar-refractivity contribution in [3.05, 3.63) is 32.3 Å². The Labute approximate surface area is 164 Å². The van der Waals surface area contributed by atoms with E-state index in [9.17, 15) is 16.8 Å². The Kier molecular flexibility index (Phi) is 5.81. The van der Waals surface area contributed by atoms with Crippen LogP contribution in [0.2, 0.25) is 8.67 Å². The first-order chi connectivity index (χ1) is 11.7. The van der Waals surface area contributed by atoms with Crippen LogP contribution in [-0.2, 0) is 20.0 Å². The van der Waals surface area contributed by atoms with E-state index < -0.39 is 20.0 Å². The molecule has 1 N–H and O–H groups in total. The van der Waals surface area contributed by atoms with Crippen LogP contribution in [0.3, 0.4) is 0 Å². The van der Waals surface area contributed by atoms with Crippen LogP contribution in [0.25, 0.3) is 0 Å². The maximum Gasteiger partial charge on any atom is 0.250 e. The van der Waals surface area contributed by atoms with Crippen LogP contribution in [0.5, 0.6) is 0 Å². The summed E-state index contributed by atoms with van der Waals surface area (Å²) in [6, 6.07) is 4.24. The van der Waals surface area contributed by atoms with Gasteiger partial charge in [0.25, 0.3) is 0 Å². The van der Waals surface area contributed by atoms with Gasteiger partial charge in [-0.1, -0.05) is 29.3 Å². The molecule has 0 amide bonds. The number of thiophene rings is 2. The van der Waals surface area contributed by atoms with Gasteiger partial charge in [-0.2, -0.15) is 4.31 Å². The molecule has 1 aliphatic rings. The Morgan fingerprint density at radius 1 is 1.16 bits per heavy atom. The molecule has 3 rings (SSSR count). The van der Waals surface area contributed by atoms with Gasteiger partial charge in [0.1, 0.15) is 13.4 Å². The van der Waals surface area contributed by atoms with E-state index in [-0.39, 0.29) is 32.6 Å². The fraction of sp³-hybridized carbons (Fsp3) is 0.385. The third kappa shape index (κ3) is 4.22. The van der Waals surface area contributed by atoms with Crippen LogP contribution >= 0.6 is 45.9 Å². The summed E-state index contributed by atoms with van der Waals surface area (Å²) in [6.45, 7) is 0.424. The monoisotopic (exact) mass is 460 g/mol. The van der Waals surface area contributed by atoms with Crippen molar-refractivity contribution in [2.75, 3.05) is 13.1 Å². The average Bonchev–Trinajstić information content (AvgIpc) is 3.17. The smallest absolute Gasteiger partial charge is 0.207 e. The number of piperidine rings is 1. The number of rotatable bonds is 5. The molecule has 25 heavy (non-hydrogen) atoms. The molecular formula is C13H14Cl2N2O4S4. The molecule has 1 fully saturated rings. The minimum Gasteiger partial charge on any atom is -0.207 e. The largest absolute Gasteiger partial charge is 0.250 e. The van der Waals surface area contributed by atoms with E-state index >= 15 is 0 Å². The van der Waals surface area contributed by atoms with Crippen molar-refractivity contribution in [1.29, 1.82) is 0 Å². The van der Waals surface area contributed by atoms with E-state index in [0.717, 1.165) is 22.7 Å². The fourth-order valence-electron chi connectivity index (χ4n) is 2.55. The number of nitrogens with zero attached hydrogens (tertiary/aromatic N) is 1. The fourth-order valence-corrected chi connectivity index (χ4v) is 8.44. The molecule has 12 heteroatoms. The first-order valence-corrected chi connectivity index (χ1v) is 12.6. The molecule has 0 bridgehead atoms. The Balaban J connectivity index is 1.67. The summed E-state index contributed by atoms with van der Waals surface area (Å²) >= 11 is 13.9. The second-order valence-electron chi connectivity index (χ2n) is 5.42. The molecule has 0 radical (unpaired) electrons. The van der Waals surface area contributed by atoms with Crippen molar-refractivity contribution in [1.82, 2.24) is 9.03 Å². The van der Waals surface area contributed by atoms with Crippen LogP contribution in [0.15, 0.2) is 32.7 Å². The second-order valence-corrected chi connectivity index (χ2v) is 12.5. The molecule has 3 heterocycles. The predicted molar refractivity (Wildman–Crippen MR) is 101 cm³/mol. The van der Waals surface area contributed by atoms with Crippen molar-refractivity contribution in [3.8, 4) is 0 Å². The van der Waals surface area contributed by atoms with Crippen LogP contribution in [0, 0.1) is 0 Å². The zero-order valence-electron chi connectivity index (χ0n) is 12.7. The lowest BCUT2D eigenvalue weighted by Gasteiger charge is -2.31. The normalized spacial score (nSPS) is 17.8. The van der Waals surface area contributed by atoms with Crippen molar-refractivity contribution in [2.24, 2.45) is 0 Å². The van der Waals surface area contributed by atoms with E-state index in [1.165, 1.54) is 16.4 Å². The van der Waals surface area contributed by atoms with E-state index in [1.54, 1.807) is 11.4 Å².